The van der Waals surface area contributed by atoms with Crippen molar-refractivity contribution in [1.82, 2.24) is 20.3 Å². The van der Waals surface area contributed by atoms with Gasteiger partial charge in [-0.3, -0.25) is 9.48 Å². The summed E-state index contributed by atoms with van der Waals surface area (Å²) in [6.45, 7) is 0.478. The Morgan fingerprint density at radius 1 is 1.18 bits per heavy atom. The molecule has 0 unspecified atom stereocenters. The summed E-state index contributed by atoms with van der Waals surface area (Å²) in [5.41, 5.74) is 1.34. The molecule has 1 amide bonds. The molecule has 178 valence electrons. The van der Waals surface area contributed by atoms with Gasteiger partial charge in [-0.15, -0.1) is 5.10 Å². The smallest absolute Gasteiger partial charge is 0.251 e. The van der Waals surface area contributed by atoms with Gasteiger partial charge in [-0.2, -0.15) is 0 Å². The summed E-state index contributed by atoms with van der Waals surface area (Å²) in [5.74, 6) is 0.552. The molecule has 1 fully saturated rings. The van der Waals surface area contributed by atoms with Gasteiger partial charge in [0.2, 0.25) is 6.79 Å². The van der Waals surface area contributed by atoms with E-state index in [4.69, 9.17) is 14.2 Å². The lowest BCUT2D eigenvalue weighted by molar-refractivity contribution is -0.0912. The predicted octanol–water partition coefficient (Wildman–Crippen LogP) is 2.54. The maximum absolute atomic E-state index is 14.0. The molecule has 3 aromatic rings. The number of benzene rings is 2. The van der Waals surface area contributed by atoms with Gasteiger partial charge in [0.05, 0.1) is 24.9 Å². The van der Waals surface area contributed by atoms with E-state index in [-0.39, 0.29) is 37.3 Å². The van der Waals surface area contributed by atoms with Crippen LogP contribution in [0, 0.1) is 5.82 Å². The highest BCUT2D eigenvalue weighted by molar-refractivity contribution is 5.95. The van der Waals surface area contributed by atoms with E-state index < -0.39 is 6.10 Å². The molecule has 0 radical (unpaired) electrons. The quantitative estimate of drug-likeness (QED) is 0.549. The highest BCUT2D eigenvalue weighted by Gasteiger charge is 2.32. The number of rotatable bonds is 7. The fraction of sp³-hybridized carbons (Fsp3) is 0.375. The Hall–Kier alpha value is -3.50. The van der Waals surface area contributed by atoms with E-state index in [1.807, 2.05) is 0 Å². The number of hydrogen-bond acceptors (Lipinski definition) is 7. The largest absolute Gasteiger partial charge is 0.454 e. The second kappa shape index (κ2) is 9.78. The standard InChI is InChI=1S/C24H25FN4O5/c25-18-4-2-1-3-17(18)20-12-29(28-27-20)10-9-16-6-7-19(23(13-30)34-16)26-24(31)15-5-8-21-22(11-15)33-14-32-21/h1-5,8,11-12,16,19,23,30H,6-7,9-10,13-14H2,(H,26,31)/t16-,19+,23+/m0/s1. The molecule has 1 aromatic heterocycles. The number of amides is 1. The summed E-state index contributed by atoms with van der Waals surface area (Å²) in [7, 11) is 0. The van der Waals surface area contributed by atoms with E-state index >= 15 is 0 Å². The summed E-state index contributed by atoms with van der Waals surface area (Å²) in [6, 6.07) is 11.2. The molecule has 2 aliphatic heterocycles. The monoisotopic (exact) mass is 468 g/mol. The fourth-order valence-corrected chi connectivity index (χ4v) is 4.27. The van der Waals surface area contributed by atoms with Gasteiger partial charge >= 0.3 is 0 Å². The second-order valence-corrected chi connectivity index (χ2v) is 8.34. The van der Waals surface area contributed by atoms with Crippen LogP contribution in [0.4, 0.5) is 4.39 Å². The summed E-state index contributed by atoms with van der Waals surface area (Å²) < 4.78 is 32.3. The lowest BCUT2D eigenvalue weighted by atomic mass is 9.96. The number of aliphatic hydroxyl groups is 1. The molecule has 2 N–H and O–H groups in total. The number of aryl methyl sites for hydroxylation is 1. The van der Waals surface area contributed by atoms with Gasteiger partial charge in [-0.1, -0.05) is 17.3 Å². The highest BCUT2D eigenvalue weighted by Crippen LogP contribution is 2.32. The molecule has 9 nitrogen and oxygen atoms in total. The van der Waals surface area contributed by atoms with Crippen molar-refractivity contribution in [3.8, 4) is 22.8 Å². The minimum atomic E-state index is -0.513. The van der Waals surface area contributed by atoms with Crippen molar-refractivity contribution in [3.05, 3.63) is 60.0 Å². The topological polar surface area (TPSA) is 108 Å². The van der Waals surface area contributed by atoms with Gasteiger partial charge in [0, 0.05) is 17.7 Å². The van der Waals surface area contributed by atoms with Crippen molar-refractivity contribution in [3.63, 3.8) is 0 Å². The van der Waals surface area contributed by atoms with Gasteiger partial charge in [0.1, 0.15) is 17.6 Å². The van der Waals surface area contributed by atoms with Crippen LogP contribution < -0.4 is 14.8 Å². The van der Waals surface area contributed by atoms with Gasteiger partial charge in [-0.05, 0) is 49.6 Å². The zero-order chi connectivity index (χ0) is 23.5. The Morgan fingerprint density at radius 2 is 2.03 bits per heavy atom. The van der Waals surface area contributed by atoms with Crippen LogP contribution in [0.3, 0.4) is 0 Å². The van der Waals surface area contributed by atoms with Crippen LogP contribution in [0.25, 0.3) is 11.3 Å². The SMILES string of the molecule is O=C(N[C@@H]1CC[C@@H](CCn2cc(-c3ccccc3F)nn2)O[C@@H]1CO)c1ccc2c(c1)OCO2. The average molecular weight is 468 g/mol. The van der Waals surface area contributed by atoms with E-state index in [1.54, 1.807) is 47.3 Å². The average Bonchev–Trinajstić information content (AvgIpc) is 3.52. The van der Waals surface area contributed by atoms with Crippen molar-refractivity contribution >= 4 is 5.91 Å². The third-order valence-electron chi connectivity index (χ3n) is 6.12. The lowest BCUT2D eigenvalue weighted by Gasteiger charge is -2.36. The van der Waals surface area contributed by atoms with E-state index in [0.717, 1.165) is 6.42 Å². The molecule has 5 rings (SSSR count). The summed E-state index contributed by atoms with van der Waals surface area (Å²) in [6.07, 6.45) is 3.14. The molecule has 1 saturated heterocycles. The predicted molar refractivity (Wildman–Crippen MR) is 119 cm³/mol. The molecule has 0 spiro atoms. The number of halogens is 1. The highest BCUT2D eigenvalue weighted by atomic mass is 19.1. The van der Waals surface area contributed by atoms with E-state index in [2.05, 4.69) is 15.6 Å². The first-order valence-electron chi connectivity index (χ1n) is 11.2. The number of nitrogens with zero attached hydrogens (tertiary/aromatic N) is 3. The molecular formula is C24H25FN4O5. The maximum atomic E-state index is 14.0. The Balaban J connectivity index is 1.15. The minimum absolute atomic E-state index is 0.100. The molecule has 2 aromatic carbocycles. The molecule has 3 atom stereocenters. The number of carbonyl (C=O) groups excluding carboxylic acids is 1. The number of hydrogen-bond donors (Lipinski definition) is 2. The number of ether oxygens (including phenoxy) is 3. The summed E-state index contributed by atoms with van der Waals surface area (Å²) >= 11 is 0. The van der Waals surface area contributed by atoms with Crippen molar-refractivity contribution in [1.29, 1.82) is 0 Å². The third-order valence-corrected chi connectivity index (χ3v) is 6.12. The number of aliphatic hydroxyl groups excluding tert-OH is 1. The Bertz CT molecular complexity index is 1170. The van der Waals surface area contributed by atoms with Crippen LogP contribution in [-0.2, 0) is 11.3 Å². The number of fused-ring (bicyclic) bond motifs is 1. The lowest BCUT2D eigenvalue weighted by Crippen LogP contribution is -2.51. The number of nitrogens with one attached hydrogen (secondary N) is 1. The van der Waals surface area contributed by atoms with Gasteiger partial charge in [0.25, 0.3) is 5.91 Å². The number of carbonyl (C=O) groups is 1. The van der Waals surface area contributed by atoms with E-state index in [9.17, 15) is 14.3 Å². The van der Waals surface area contributed by atoms with Gasteiger partial charge in [-0.25, -0.2) is 4.39 Å². The molecule has 3 heterocycles. The number of aromatic nitrogens is 3. The van der Waals surface area contributed by atoms with Crippen LogP contribution in [0.5, 0.6) is 11.5 Å². The van der Waals surface area contributed by atoms with Crippen LogP contribution in [0.15, 0.2) is 48.7 Å². The van der Waals surface area contributed by atoms with Gasteiger partial charge < -0.3 is 24.6 Å². The first-order valence-corrected chi connectivity index (χ1v) is 11.2. The van der Waals surface area contributed by atoms with Crippen LogP contribution in [0.2, 0.25) is 0 Å². The summed E-state index contributed by atoms with van der Waals surface area (Å²) in [4.78, 5) is 12.7. The molecular weight excluding hydrogens is 443 g/mol. The van der Waals surface area contributed by atoms with Crippen LogP contribution >= 0.6 is 0 Å². The van der Waals surface area contributed by atoms with Crippen LogP contribution in [0.1, 0.15) is 29.6 Å². The zero-order valence-electron chi connectivity index (χ0n) is 18.4. The third kappa shape index (κ3) is 4.73. The summed E-state index contributed by atoms with van der Waals surface area (Å²) in [5, 5.41) is 21.0. The van der Waals surface area contributed by atoms with Crippen molar-refractivity contribution < 1.29 is 28.5 Å². The second-order valence-electron chi connectivity index (χ2n) is 8.34. The fourth-order valence-electron chi connectivity index (χ4n) is 4.27. The van der Waals surface area contributed by atoms with Gasteiger partial charge in [0.15, 0.2) is 11.5 Å². The zero-order valence-corrected chi connectivity index (χ0v) is 18.4. The minimum Gasteiger partial charge on any atom is -0.454 e. The van der Waals surface area contributed by atoms with Crippen LogP contribution in [-0.4, -0.2) is 57.7 Å². The molecule has 10 heteroatoms. The van der Waals surface area contributed by atoms with E-state index in [0.29, 0.717) is 47.7 Å². The molecule has 0 aliphatic carbocycles. The molecule has 2 aliphatic rings. The Labute approximate surface area is 195 Å². The molecule has 34 heavy (non-hydrogen) atoms. The normalized spacial score (nSPS) is 21.4. The van der Waals surface area contributed by atoms with E-state index in [1.165, 1.54) is 6.07 Å². The Kier molecular flexibility index (Phi) is 6.41. The molecule has 0 bridgehead atoms. The Morgan fingerprint density at radius 3 is 2.88 bits per heavy atom. The van der Waals surface area contributed by atoms with Crippen molar-refractivity contribution in [2.24, 2.45) is 0 Å². The first kappa shape index (κ1) is 22.3. The van der Waals surface area contributed by atoms with Crippen molar-refractivity contribution in [2.75, 3.05) is 13.4 Å². The maximum Gasteiger partial charge on any atom is 0.251 e. The molecule has 0 saturated carbocycles. The van der Waals surface area contributed by atoms with Crippen molar-refractivity contribution in [2.45, 2.75) is 44.1 Å². The first-order chi connectivity index (χ1) is 16.6.